The van der Waals surface area contributed by atoms with E-state index in [4.69, 9.17) is 0 Å². The highest BCUT2D eigenvalue weighted by Gasteiger charge is 2.64. The molecule has 140 valence electrons. The lowest BCUT2D eigenvalue weighted by Gasteiger charge is -2.58. The first kappa shape index (κ1) is 17.8. The number of hydrogen-bond donors (Lipinski definition) is 3. The highest BCUT2D eigenvalue weighted by molar-refractivity contribution is 5.43. The average Bonchev–Trinajstić information content (AvgIpc) is 2.83. The van der Waals surface area contributed by atoms with Crippen molar-refractivity contribution in [3.05, 3.63) is 23.3 Å². The Hall–Kier alpha value is -0.640. The number of allylic oxidation sites excluding steroid dienone is 3. The highest BCUT2D eigenvalue weighted by atomic mass is 16.3. The van der Waals surface area contributed by atoms with E-state index in [1.807, 2.05) is 0 Å². The van der Waals surface area contributed by atoms with Crippen molar-refractivity contribution in [2.24, 2.45) is 28.6 Å². The maximum atomic E-state index is 11.3. The number of hydrogen-bond acceptors (Lipinski definition) is 3. The molecule has 3 unspecified atom stereocenters. The first-order valence-electron chi connectivity index (χ1n) is 10.1. The summed E-state index contributed by atoms with van der Waals surface area (Å²) in [6.45, 7) is 8.57. The second-order valence-electron chi connectivity index (χ2n) is 9.84. The van der Waals surface area contributed by atoms with Crippen molar-refractivity contribution in [3.8, 4) is 0 Å². The van der Waals surface area contributed by atoms with Crippen LogP contribution < -0.4 is 0 Å². The summed E-state index contributed by atoms with van der Waals surface area (Å²) in [6, 6.07) is 0. The lowest BCUT2D eigenvalue weighted by Crippen LogP contribution is -2.57. The zero-order chi connectivity index (χ0) is 18.2. The molecule has 0 aromatic carbocycles. The number of fused-ring (bicyclic) bond motifs is 5. The molecule has 4 aliphatic rings. The molecule has 3 N–H and O–H groups in total. The fraction of sp³-hybridized carbons (Fsp3) is 0.818. The van der Waals surface area contributed by atoms with Gasteiger partial charge in [-0.05, 0) is 81.1 Å². The minimum atomic E-state index is -0.954. The van der Waals surface area contributed by atoms with Gasteiger partial charge in [0.2, 0.25) is 0 Å². The van der Waals surface area contributed by atoms with E-state index in [0.717, 1.165) is 32.1 Å². The molecule has 0 spiro atoms. The van der Waals surface area contributed by atoms with Gasteiger partial charge in [0.1, 0.15) is 0 Å². The Balaban J connectivity index is 1.77. The van der Waals surface area contributed by atoms with E-state index in [-0.39, 0.29) is 16.9 Å². The minimum Gasteiger partial charge on any atom is -0.390 e. The van der Waals surface area contributed by atoms with Gasteiger partial charge in [-0.3, -0.25) is 0 Å². The molecule has 0 bridgehead atoms. The molecule has 0 heterocycles. The molecule has 0 radical (unpaired) electrons. The van der Waals surface area contributed by atoms with Crippen LogP contribution in [0.5, 0.6) is 0 Å². The van der Waals surface area contributed by atoms with E-state index in [1.165, 1.54) is 11.1 Å². The molecule has 3 heteroatoms. The Morgan fingerprint density at radius 3 is 2.40 bits per heavy atom. The largest absolute Gasteiger partial charge is 0.390 e. The fourth-order valence-electron chi connectivity index (χ4n) is 7.30. The molecule has 0 amide bonds. The molecule has 0 aromatic heterocycles. The predicted octanol–water partition coefficient (Wildman–Crippen LogP) is 3.59. The molecule has 4 aliphatic carbocycles. The van der Waals surface area contributed by atoms with Crippen molar-refractivity contribution in [3.63, 3.8) is 0 Å². The van der Waals surface area contributed by atoms with Gasteiger partial charge in [-0.1, -0.05) is 31.6 Å². The van der Waals surface area contributed by atoms with Gasteiger partial charge in [0, 0.05) is 5.41 Å². The van der Waals surface area contributed by atoms with Gasteiger partial charge >= 0.3 is 0 Å². The Morgan fingerprint density at radius 2 is 1.72 bits per heavy atom. The molecular weight excluding hydrogens is 312 g/mol. The maximum absolute atomic E-state index is 11.3. The van der Waals surface area contributed by atoms with Crippen LogP contribution in [-0.2, 0) is 0 Å². The van der Waals surface area contributed by atoms with Gasteiger partial charge in [0.05, 0.1) is 17.8 Å². The summed E-state index contributed by atoms with van der Waals surface area (Å²) in [7, 11) is 0. The third kappa shape index (κ3) is 2.15. The maximum Gasteiger partial charge on any atom is 0.0958 e. The minimum absolute atomic E-state index is 0.148. The lowest BCUT2D eigenvalue weighted by atomic mass is 9.47. The Kier molecular flexibility index (Phi) is 3.86. The van der Waals surface area contributed by atoms with E-state index < -0.39 is 11.7 Å². The third-order valence-electron chi connectivity index (χ3n) is 8.86. The second-order valence-corrected chi connectivity index (χ2v) is 9.84. The Labute approximate surface area is 151 Å². The van der Waals surface area contributed by atoms with Gasteiger partial charge < -0.3 is 15.3 Å². The standard InChI is InChI=1S/C22H34O3/c1-13-11-16-17(20(3)8-5-15(24)12-19(13)20)6-9-21(4)18(16)7-10-22(21,25)14(2)23/h11-12,14-18,23-25H,5-10H2,1-4H3/t14-,15-,16?,17?,18?,20+,21-,22-/m0/s1. The number of rotatable bonds is 1. The summed E-state index contributed by atoms with van der Waals surface area (Å²) < 4.78 is 0. The van der Waals surface area contributed by atoms with Crippen molar-refractivity contribution < 1.29 is 15.3 Å². The van der Waals surface area contributed by atoms with Gasteiger partial charge in [-0.15, -0.1) is 0 Å². The van der Waals surface area contributed by atoms with Gasteiger partial charge in [0.25, 0.3) is 0 Å². The van der Waals surface area contributed by atoms with Crippen LogP contribution in [0.15, 0.2) is 23.3 Å². The van der Waals surface area contributed by atoms with Gasteiger partial charge in [-0.2, -0.15) is 0 Å². The number of aliphatic hydroxyl groups excluding tert-OH is 2. The smallest absolute Gasteiger partial charge is 0.0958 e. The van der Waals surface area contributed by atoms with E-state index in [0.29, 0.717) is 24.2 Å². The molecular formula is C22H34O3. The van der Waals surface area contributed by atoms with Crippen LogP contribution in [0.1, 0.15) is 66.2 Å². The van der Waals surface area contributed by atoms with E-state index in [9.17, 15) is 15.3 Å². The summed E-state index contributed by atoms with van der Waals surface area (Å²) >= 11 is 0. The number of aliphatic hydroxyl groups is 3. The Morgan fingerprint density at radius 1 is 1.04 bits per heavy atom. The summed E-state index contributed by atoms with van der Waals surface area (Å²) in [5.74, 6) is 1.50. The topological polar surface area (TPSA) is 60.7 Å². The van der Waals surface area contributed by atoms with Gasteiger partial charge in [-0.25, -0.2) is 0 Å². The quantitative estimate of drug-likeness (QED) is 0.680. The molecule has 2 saturated carbocycles. The van der Waals surface area contributed by atoms with Gasteiger partial charge in [0.15, 0.2) is 0 Å². The van der Waals surface area contributed by atoms with Crippen LogP contribution in [0.2, 0.25) is 0 Å². The van der Waals surface area contributed by atoms with Crippen molar-refractivity contribution in [2.45, 2.75) is 84.0 Å². The fourth-order valence-corrected chi connectivity index (χ4v) is 7.30. The molecule has 2 fully saturated rings. The lowest BCUT2D eigenvalue weighted by molar-refractivity contribution is -0.164. The van der Waals surface area contributed by atoms with E-state index in [2.05, 4.69) is 32.9 Å². The van der Waals surface area contributed by atoms with Crippen LogP contribution in [0.25, 0.3) is 0 Å². The van der Waals surface area contributed by atoms with Crippen LogP contribution >= 0.6 is 0 Å². The predicted molar refractivity (Wildman–Crippen MR) is 98.9 cm³/mol. The van der Waals surface area contributed by atoms with E-state index >= 15 is 0 Å². The third-order valence-corrected chi connectivity index (χ3v) is 8.86. The molecule has 4 rings (SSSR count). The first-order chi connectivity index (χ1) is 11.6. The zero-order valence-corrected chi connectivity index (χ0v) is 16.1. The molecule has 0 saturated heterocycles. The van der Waals surface area contributed by atoms with Crippen LogP contribution in [0.4, 0.5) is 0 Å². The molecule has 0 aromatic rings. The van der Waals surface area contributed by atoms with Crippen molar-refractivity contribution in [1.82, 2.24) is 0 Å². The van der Waals surface area contributed by atoms with Crippen molar-refractivity contribution in [2.75, 3.05) is 0 Å². The zero-order valence-electron chi connectivity index (χ0n) is 16.1. The highest BCUT2D eigenvalue weighted by Crippen LogP contribution is 2.67. The summed E-state index contributed by atoms with van der Waals surface area (Å²) in [5.41, 5.74) is 1.67. The molecule has 8 atom stereocenters. The monoisotopic (exact) mass is 346 g/mol. The van der Waals surface area contributed by atoms with E-state index in [1.54, 1.807) is 6.92 Å². The van der Waals surface area contributed by atoms with Crippen molar-refractivity contribution >= 4 is 0 Å². The molecule has 25 heavy (non-hydrogen) atoms. The first-order valence-corrected chi connectivity index (χ1v) is 10.1. The summed E-state index contributed by atoms with van der Waals surface area (Å²) in [5, 5.41) is 31.8. The van der Waals surface area contributed by atoms with Crippen LogP contribution in [-0.4, -0.2) is 33.1 Å². The normalized spacial score (nSPS) is 53.2. The Bertz CT molecular complexity index is 635. The second kappa shape index (κ2) is 5.43. The SMILES string of the molecule is CC1=CC2C(CC[C@@]3(C)C2CC[C@]3(O)[C@H](C)O)[C@@]2(C)CC[C@H](O)C=C12. The van der Waals surface area contributed by atoms with Crippen LogP contribution in [0.3, 0.4) is 0 Å². The summed E-state index contributed by atoms with van der Waals surface area (Å²) in [6.07, 6.45) is 9.26. The summed E-state index contributed by atoms with van der Waals surface area (Å²) in [4.78, 5) is 0. The molecule has 3 nitrogen and oxygen atoms in total. The molecule has 0 aliphatic heterocycles. The van der Waals surface area contributed by atoms with Crippen molar-refractivity contribution in [1.29, 1.82) is 0 Å². The van der Waals surface area contributed by atoms with Crippen LogP contribution in [0, 0.1) is 28.6 Å². The average molecular weight is 347 g/mol.